The van der Waals surface area contributed by atoms with Crippen molar-refractivity contribution in [2.75, 3.05) is 20.0 Å². The summed E-state index contributed by atoms with van der Waals surface area (Å²) in [6, 6.07) is 126. The topological polar surface area (TPSA) is 48.0 Å². The number of nitrogens with zero attached hydrogens (tertiary/aromatic N) is 3. The van der Waals surface area contributed by atoms with Gasteiger partial charge in [0.15, 0.2) is 0 Å². The molecule has 0 amide bonds. The van der Waals surface area contributed by atoms with Crippen molar-refractivity contribution in [2.45, 2.75) is 105 Å². The first-order valence-electron chi connectivity index (χ1n) is 39.2. The van der Waals surface area contributed by atoms with Crippen molar-refractivity contribution in [1.29, 1.82) is 0 Å². The zero-order chi connectivity index (χ0) is 78.3. The van der Waals surface area contributed by atoms with E-state index in [0.717, 1.165) is 155 Å². The first kappa shape index (κ1) is 74.7. The maximum atomic E-state index is 6.86. The highest BCUT2D eigenvalue weighted by molar-refractivity contribution is 9.10. The molecule has 0 aliphatic rings. The molecule has 2 aromatic heterocycles. The number of nitrogens with one attached hydrogen (secondary N) is 1. The van der Waals surface area contributed by atoms with Crippen LogP contribution in [0.2, 0.25) is 0 Å². The van der Waals surface area contributed by atoms with E-state index in [2.05, 4.69) is 459 Å². The van der Waals surface area contributed by atoms with E-state index in [1.54, 1.807) is 0 Å². The zero-order valence-corrected chi connectivity index (χ0v) is 68.1. The summed E-state index contributed by atoms with van der Waals surface area (Å²) in [6.45, 7) is 27.2. The Balaban J connectivity index is 0.000000172. The van der Waals surface area contributed by atoms with Gasteiger partial charge in [-0.1, -0.05) is 348 Å². The third kappa shape index (κ3) is 15.5. The van der Waals surface area contributed by atoms with Gasteiger partial charge in [0.1, 0.15) is 22.3 Å². The molecule has 17 aromatic rings. The van der Waals surface area contributed by atoms with E-state index in [9.17, 15) is 0 Å². The van der Waals surface area contributed by atoms with Crippen molar-refractivity contribution in [2.24, 2.45) is 0 Å². The van der Waals surface area contributed by atoms with Crippen molar-refractivity contribution < 1.29 is 8.83 Å². The monoisotopic (exact) mass is 1530 g/mol. The van der Waals surface area contributed by atoms with Crippen LogP contribution in [-0.4, -0.2) is 0 Å². The molecule has 6 nitrogen and oxygen atoms in total. The molecular formula is C106H95BrN4O2. The number of anilines is 11. The lowest BCUT2D eigenvalue weighted by molar-refractivity contribution is 0.590. The molecule has 113 heavy (non-hydrogen) atoms. The molecule has 558 valence electrons. The third-order valence-corrected chi connectivity index (χ3v) is 22.1. The Morgan fingerprint density at radius 2 is 0.575 bits per heavy atom. The number of hydrogen-bond acceptors (Lipinski definition) is 6. The largest absolute Gasteiger partial charge is 0.456 e. The highest BCUT2D eigenvalue weighted by atomic mass is 79.9. The van der Waals surface area contributed by atoms with Crippen LogP contribution in [0.3, 0.4) is 0 Å². The lowest BCUT2D eigenvalue weighted by atomic mass is 9.85. The highest BCUT2D eigenvalue weighted by Crippen LogP contribution is 2.53. The quantitative estimate of drug-likeness (QED) is 0.110. The molecule has 0 atom stereocenters. The van der Waals surface area contributed by atoms with E-state index in [1.165, 1.54) is 22.3 Å². The van der Waals surface area contributed by atoms with Crippen LogP contribution in [0.25, 0.3) is 88.4 Å². The van der Waals surface area contributed by atoms with Crippen LogP contribution in [0, 0.1) is 0 Å². The summed E-state index contributed by atoms with van der Waals surface area (Å²) in [6.07, 6.45) is 0. The highest BCUT2D eigenvalue weighted by Gasteiger charge is 2.30. The molecule has 7 heteroatoms. The minimum absolute atomic E-state index is 0.0299. The molecule has 15 aromatic carbocycles. The lowest BCUT2D eigenvalue weighted by Gasteiger charge is -2.32. The second-order valence-electron chi connectivity index (χ2n) is 33.6. The lowest BCUT2D eigenvalue weighted by Crippen LogP contribution is -2.15. The molecule has 0 radical (unpaired) electrons. The average Bonchev–Trinajstić information content (AvgIpc) is 1.62. The van der Waals surface area contributed by atoms with E-state index < -0.39 is 0 Å². The fourth-order valence-corrected chi connectivity index (χ4v) is 15.9. The number of halogens is 1. The maximum absolute atomic E-state index is 6.86. The molecule has 0 bridgehead atoms. The minimum Gasteiger partial charge on any atom is -0.456 e. The van der Waals surface area contributed by atoms with E-state index in [4.69, 9.17) is 8.83 Å². The number of furan rings is 2. The van der Waals surface area contributed by atoms with Crippen LogP contribution in [0.15, 0.2) is 365 Å². The van der Waals surface area contributed by atoms with Gasteiger partial charge >= 0.3 is 0 Å². The van der Waals surface area contributed by atoms with E-state index >= 15 is 0 Å². The molecule has 0 saturated carbocycles. The summed E-state index contributed by atoms with van der Waals surface area (Å²) >= 11 is 3.86. The second-order valence-corrected chi connectivity index (χ2v) is 34.5. The van der Waals surface area contributed by atoms with Crippen LogP contribution >= 0.6 is 15.9 Å². The summed E-state index contributed by atoms with van der Waals surface area (Å²) in [5.74, 6) is 0. The Morgan fingerprint density at radius 3 is 0.947 bits per heavy atom. The molecule has 0 fully saturated rings. The van der Waals surface area contributed by atoms with E-state index in [1.807, 2.05) is 12.1 Å². The first-order chi connectivity index (χ1) is 54.5. The van der Waals surface area contributed by atoms with Gasteiger partial charge in [-0.3, -0.25) is 0 Å². The van der Waals surface area contributed by atoms with Crippen molar-refractivity contribution >= 4 is 122 Å². The Labute approximate surface area is 674 Å². The standard InChI is InChI=1S/C56H49BrN2O.C50H46N2O/c1-55(2,3)40-31-27-38(28-32-40)47-24-16-25-48(39-29-33-41(34-30-39)56(4,5)6)54(47)59(45-22-15-17-42(57)35-45)46-36-50(53-49-23-13-14-26-51(49)60-52(53)37-46)58(43-18-9-7-10-19-43)44-20-11-8-12-21-44;1-49(2,3)36-28-24-34(25-29-36)41-21-15-22-42(35-26-30-37(31-27-35)50(4,5)6)48(41)51-38-32-44(47-43-20-13-14-23-45(43)53-46(47)33-38)52(39-16-9-7-10-17-39)40-18-11-8-12-19-40/h7-37H,1-6H3;7-33,51H,1-6H3. The van der Waals surface area contributed by atoms with Crippen LogP contribution in [0.5, 0.6) is 0 Å². The molecule has 0 aliphatic carbocycles. The fourth-order valence-electron chi connectivity index (χ4n) is 15.6. The Kier molecular flexibility index (Phi) is 20.3. The van der Waals surface area contributed by atoms with Gasteiger partial charge in [-0.25, -0.2) is 0 Å². The molecule has 0 unspecified atom stereocenters. The van der Waals surface area contributed by atoms with Gasteiger partial charge in [0, 0.05) is 83.8 Å². The number of benzene rings is 15. The molecule has 0 saturated heterocycles. The van der Waals surface area contributed by atoms with Crippen molar-refractivity contribution in [3.63, 3.8) is 0 Å². The van der Waals surface area contributed by atoms with Gasteiger partial charge in [0.2, 0.25) is 0 Å². The molecular weight excluding hydrogens is 1440 g/mol. The molecule has 17 rings (SSSR count). The van der Waals surface area contributed by atoms with Gasteiger partial charge in [-0.2, -0.15) is 0 Å². The van der Waals surface area contributed by atoms with Crippen LogP contribution in [-0.2, 0) is 21.7 Å². The number of para-hydroxylation sites is 8. The molecule has 2 heterocycles. The molecule has 0 aliphatic heterocycles. The SMILES string of the molecule is CC(C)(C)c1ccc(-c2cccc(-c3ccc(C(C)(C)C)cc3)c2N(c2cccc(Br)c2)c2cc(N(c3ccccc3)c3ccccc3)c3c(c2)oc2ccccc23)cc1.CC(C)(C)c1ccc(-c2cccc(-c3ccc(C(C)(C)C)cc3)c2Nc2cc(N(c3ccccc3)c3ccccc3)c3c(c2)oc2ccccc23)cc1. The van der Waals surface area contributed by atoms with Crippen LogP contribution in [0.4, 0.5) is 62.6 Å². The van der Waals surface area contributed by atoms with Gasteiger partial charge in [-0.05, 0) is 157 Å². The average molecular weight is 1540 g/mol. The Hall–Kier alpha value is -12.4. The summed E-state index contributed by atoms with van der Waals surface area (Å²) in [5, 5.41) is 8.26. The smallest absolute Gasteiger partial charge is 0.139 e. The Morgan fingerprint density at radius 1 is 0.257 bits per heavy atom. The van der Waals surface area contributed by atoms with Crippen LogP contribution < -0.4 is 20.0 Å². The summed E-state index contributed by atoms with van der Waals surface area (Å²) in [5.41, 5.74) is 29.3. The van der Waals surface area contributed by atoms with Crippen molar-refractivity contribution in [1.82, 2.24) is 0 Å². The number of rotatable bonds is 15. The van der Waals surface area contributed by atoms with Gasteiger partial charge in [-0.15, -0.1) is 0 Å². The maximum Gasteiger partial charge on any atom is 0.139 e. The van der Waals surface area contributed by atoms with Gasteiger partial charge < -0.3 is 28.9 Å². The predicted octanol–water partition coefficient (Wildman–Crippen LogP) is 31.9. The third-order valence-electron chi connectivity index (χ3n) is 21.6. The van der Waals surface area contributed by atoms with Gasteiger partial charge in [0.25, 0.3) is 0 Å². The fraction of sp³-hybridized carbons (Fsp3) is 0.151. The van der Waals surface area contributed by atoms with Crippen molar-refractivity contribution in [3.8, 4) is 44.5 Å². The zero-order valence-electron chi connectivity index (χ0n) is 66.5. The predicted molar refractivity (Wildman–Crippen MR) is 485 cm³/mol. The first-order valence-corrected chi connectivity index (χ1v) is 40.0. The summed E-state index contributed by atoms with van der Waals surface area (Å²) in [7, 11) is 0. The number of fused-ring (bicyclic) bond motifs is 6. The van der Waals surface area contributed by atoms with Gasteiger partial charge in [0.05, 0.1) is 39.2 Å². The molecule has 0 spiro atoms. The van der Waals surface area contributed by atoms with E-state index in [0.29, 0.717) is 0 Å². The normalized spacial score (nSPS) is 11.9. The molecule has 1 N–H and O–H groups in total. The second kappa shape index (κ2) is 30.7. The van der Waals surface area contributed by atoms with E-state index in [-0.39, 0.29) is 21.7 Å². The van der Waals surface area contributed by atoms with Crippen molar-refractivity contribution in [3.05, 3.63) is 379 Å². The minimum atomic E-state index is 0.0299. The van der Waals surface area contributed by atoms with Crippen LogP contribution in [0.1, 0.15) is 105 Å². The summed E-state index contributed by atoms with van der Waals surface area (Å²) in [4.78, 5) is 7.12. The summed E-state index contributed by atoms with van der Waals surface area (Å²) < 4.78 is 14.5. The Bertz CT molecular complexity index is 5990. The number of hydrogen-bond donors (Lipinski definition) is 1.